The smallest absolute Gasteiger partial charge is 0.254 e. The highest BCUT2D eigenvalue weighted by atomic mass is 16.5. The van der Waals surface area contributed by atoms with Gasteiger partial charge in [-0.2, -0.15) is 0 Å². The highest BCUT2D eigenvalue weighted by Gasteiger charge is 2.23. The summed E-state index contributed by atoms with van der Waals surface area (Å²) in [4.78, 5) is 17.2. The predicted molar refractivity (Wildman–Crippen MR) is 93.5 cm³/mol. The number of benzene rings is 1. The van der Waals surface area contributed by atoms with Gasteiger partial charge >= 0.3 is 0 Å². The van der Waals surface area contributed by atoms with Crippen LogP contribution in [0.25, 0.3) is 0 Å². The van der Waals surface area contributed by atoms with Crippen LogP contribution in [0.2, 0.25) is 0 Å². The van der Waals surface area contributed by atoms with E-state index in [9.17, 15) is 4.79 Å². The average molecular weight is 332 g/mol. The lowest BCUT2D eigenvalue weighted by Gasteiger charge is -2.28. The van der Waals surface area contributed by atoms with Crippen LogP contribution in [0.1, 0.15) is 29.6 Å². The second-order valence-corrected chi connectivity index (χ2v) is 6.76. The Morgan fingerprint density at radius 3 is 2.96 bits per heavy atom. The minimum Gasteiger partial charge on any atom is -0.497 e. The zero-order valence-corrected chi connectivity index (χ0v) is 14.6. The Hall–Kier alpha value is -1.59. The van der Waals surface area contributed by atoms with Crippen LogP contribution in [-0.2, 0) is 4.74 Å². The first kappa shape index (κ1) is 17.2. The molecule has 0 aliphatic carbocycles. The van der Waals surface area contributed by atoms with E-state index in [1.165, 1.54) is 12.8 Å². The lowest BCUT2D eigenvalue weighted by molar-refractivity contribution is 0.0389. The van der Waals surface area contributed by atoms with Gasteiger partial charge in [0.15, 0.2) is 0 Å². The summed E-state index contributed by atoms with van der Waals surface area (Å²) >= 11 is 0. The lowest BCUT2D eigenvalue weighted by atomic mass is 10.0. The minimum atomic E-state index is 0.108. The molecule has 1 atom stereocenters. The van der Waals surface area contributed by atoms with Gasteiger partial charge in [-0.25, -0.2) is 0 Å². The van der Waals surface area contributed by atoms with E-state index >= 15 is 0 Å². The van der Waals surface area contributed by atoms with Gasteiger partial charge in [0.05, 0.1) is 13.7 Å². The number of amides is 1. The van der Waals surface area contributed by atoms with Gasteiger partial charge in [0.25, 0.3) is 5.91 Å². The number of hydrogen-bond acceptors (Lipinski definition) is 4. The largest absolute Gasteiger partial charge is 0.497 e. The van der Waals surface area contributed by atoms with Gasteiger partial charge in [-0.3, -0.25) is 4.79 Å². The van der Waals surface area contributed by atoms with Crippen molar-refractivity contribution in [3.05, 3.63) is 29.8 Å². The van der Waals surface area contributed by atoms with Crippen molar-refractivity contribution in [3.63, 3.8) is 0 Å². The third kappa shape index (κ3) is 4.48. The quantitative estimate of drug-likeness (QED) is 0.848. The molecule has 2 aliphatic heterocycles. The highest BCUT2D eigenvalue weighted by molar-refractivity contribution is 5.94. The van der Waals surface area contributed by atoms with E-state index < -0.39 is 0 Å². The number of rotatable bonds is 4. The zero-order chi connectivity index (χ0) is 16.8. The van der Waals surface area contributed by atoms with Crippen LogP contribution >= 0.6 is 0 Å². The molecule has 132 valence electrons. The van der Waals surface area contributed by atoms with E-state index in [4.69, 9.17) is 9.47 Å². The molecule has 1 aromatic carbocycles. The number of ether oxygens (including phenoxy) is 2. The van der Waals surface area contributed by atoms with Crippen molar-refractivity contribution in [2.24, 2.45) is 5.92 Å². The Morgan fingerprint density at radius 2 is 2.17 bits per heavy atom. The fourth-order valence-electron chi connectivity index (χ4n) is 3.61. The summed E-state index contributed by atoms with van der Waals surface area (Å²) in [6, 6.07) is 7.43. The fraction of sp³-hybridized carbons (Fsp3) is 0.632. The van der Waals surface area contributed by atoms with E-state index in [-0.39, 0.29) is 5.91 Å². The van der Waals surface area contributed by atoms with Gasteiger partial charge in [-0.05, 0) is 49.9 Å². The van der Waals surface area contributed by atoms with E-state index in [1.54, 1.807) is 7.11 Å². The van der Waals surface area contributed by atoms with Crippen LogP contribution in [0.3, 0.4) is 0 Å². The van der Waals surface area contributed by atoms with Crippen LogP contribution < -0.4 is 4.74 Å². The summed E-state index contributed by atoms with van der Waals surface area (Å²) in [6.07, 6.45) is 3.48. The van der Waals surface area contributed by atoms with E-state index in [2.05, 4.69) is 4.90 Å². The summed E-state index contributed by atoms with van der Waals surface area (Å²) in [5.74, 6) is 1.49. The van der Waals surface area contributed by atoms with Gasteiger partial charge in [0.1, 0.15) is 5.75 Å². The van der Waals surface area contributed by atoms with Crippen molar-refractivity contribution in [3.8, 4) is 5.75 Å². The molecular weight excluding hydrogens is 304 g/mol. The first-order chi connectivity index (χ1) is 11.8. The van der Waals surface area contributed by atoms with Crippen LogP contribution in [-0.4, -0.2) is 68.8 Å². The Balaban J connectivity index is 1.55. The molecule has 2 aliphatic rings. The molecular formula is C19H28N2O3. The molecule has 0 spiro atoms. The number of hydrogen-bond donors (Lipinski definition) is 0. The van der Waals surface area contributed by atoms with Crippen LogP contribution in [0.5, 0.6) is 5.75 Å². The Morgan fingerprint density at radius 1 is 1.25 bits per heavy atom. The monoisotopic (exact) mass is 332 g/mol. The molecule has 2 saturated heterocycles. The summed E-state index contributed by atoms with van der Waals surface area (Å²) in [7, 11) is 1.63. The van der Waals surface area contributed by atoms with Crippen LogP contribution in [0.15, 0.2) is 24.3 Å². The molecule has 2 heterocycles. The molecule has 0 unspecified atom stereocenters. The topological polar surface area (TPSA) is 42.0 Å². The molecule has 24 heavy (non-hydrogen) atoms. The maximum absolute atomic E-state index is 12.7. The molecule has 0 saturated carbocycles. The Kier molecular flexibility index (Phi) is 6.10. The van der Waals surface area contributed by atoms with Crippen molar-refractivity contribution in [2.75, 3.05) is 53.0 Å². The van der Waals surface area contributed by atoms with E-state index in [1.807, 2.05) is 29.2 Å². The van der Waals surface area contributed by atoms with Gasteiger partial charge in [-0.15, -0.1) is 0 Å². The Bertz CT molecular complexity index is 543. The molecule has 0 N–H and O–H groups in total. The molecule has 3 rings (SSSR count). The number of carbonyl (C=O) groups is 1. The number of carbonyl (C=O) groups excluding carboxylic acids is 1. The van der Waals surface area contributed by atoms with Crippen LogP contribution in [0, 0.1) is 5.92 Å². The van der Waals surface area contributed by atoms with Crippen LogP contribution in [0.4, 0.5) is 0 Å². The molecule has 2 fully saturated rings. The SMILES string of the molecule is COc1cccc(C(=O)N2CCCN(C[C@H]3CCCOC3)CC2)c1. The predicted octanol–water partition coefficient (Wildman–Crippen LogP) is 2.27. The molecule has 1 aromatic rings. The van der Waals surface area contributed by atoms with E-state index in [0.29, 0.717) is 11.5 Å². The second kappa shape index (κ2) is 8.49. The molecule has 5 nitrogen and oxygen atoms in total. The maximum atomic E-state index is 12.7. The Labute approximate surface area is 144 Å². The highest BCUT2D eigenvalue weighted by Crippen LogP contribution is 2.18. The van der Waals surface area contributed by atoms with Crippen molar-refractivity contribution in [1.29, 1.82) is 0 Å². The van der Waals surface area contributed by atoms with Gasteiger partial charge in [0.2, 0.25) is 0 Å². The first-order valence-corrected chi connectivity index (χ1v) is 8.99. The van der Waals surface area contributed by atoms with Gasteiger partial charge in [-0.1, -0.05) is 6.07 Å². The second-order valence-electron chi connectivity index (χ2n) is 6.76. The summed E-state index contributed by atoms with van der Waals surface area (Å²) < 4.78 is 10.8. The number of methoxy groups -OCH3 is 1. The molecule has 0 radical (unpaired) electrons. The standard InChI is InChI=1S/C19H28N2O3/c1-23-18-7-2-6-17(13-18)19(22)21-9-4-8-20(10-11-21)14-16-5-3-12-24-15-16/h2,6-7,13,16H,3-5,8-12,14-15H2,1H3/t16-/m1/s1. The van der Waals surface area contributed by atoms with Crippen molar-refractivity contribution in [2.45, 2.75) is 19.3 Å². The van der Waals surface area contributed by atoms with E-state index in [0.717, 1.165) is 58.1 Å². The van der Waals surface area contributed by atoms with Gasteiger partial charge in [0, 0.05) is 38.3 Å². The van der Waals surface area contributed by atoms with Crippen molar-refractivity contribution >= 4 is 5.91 Å². The normalized spacial score (nSPS) is 22.9. The molecule has 1 amide bonds. The van der Waals surface area contributed by atoms with Gasteiger partial charge < -0.3 is 19.3 Å². The number of nitrogens with zero attached hydrogens (tertiary/aromatic N) is 2. The minimum absolute atomic E-state index is 0.108. The zero-order valence-electron chi connectivity index (χ0n) is 14.6. The average Bonchev–Trinajstić information content (AvgIpc) is 2.87. The lowest BCUT2D eigenvalue weighted by Crippen LogP contribution is -2.38. The molecule has 0 bridgehead atoms. The molecule has 5 heteroatoms. The fourth-order valence-corrected chi connectivity index (χ4v) is 3.61. The third-order valence-electron chi connectivity index (χ3n) is 4.96. The van der Waals surface area contributed by atoms with Crippen molar-refractivity contribution in [1.82, 2.24) is 9.80 Å². The third-order valence-corrected chi connectivity index (χ3v) is 4.96. The summed E-state index contributed by atoms with van der Waals surface area (Å²) in [5, 5.41) is 0. The van der Waals surface area contributed by atoms with Crippen molar-refractivity contribution < 1.29 is 14.3 Å². The summed E-state index contributed by atoms with van der Waals surface area (Å²) in [6.45, 7) is 6.55. The summed E-state index contributed by atoms with van der Waals surface area (Å²) in [5.41, 5.74) is 0.712. The maximum Gasteiger partial charge on any atom is 0.254 e. The molecule has 0 aromatic heterocycles. The first-order valence-electron chi connectivity index (χ1n) is 8.99.